The van der Waals surface area contributed by atoms with Gasteiger partial charge >= 0.3 is 0 Å². The zero-order valence-corrected chi connectivity index (χ0v) is 14.8. The molecule has 0 saturated carbocycles. The van der Waals surface area contributed by atoms with Gasteiger partial charge in [0.2, 0.25) is 0 Å². The molecule has 23 heavy (non-hydrogen) atoms. The summed E-state index contributed by atoms with van der Waals surface area (Å²) in [6, 6.07) is 4.10. The molecular formula is C14H19N7S2. The normalized spacial score (nSPS) is 11.2. The van der Waals surface area contributed by atoms with Gasteiger partial charge in [-0.15, -0.1) is 26.6 Å². The van der Waals surface area contributed by atoms with Crippen molar-refractivity contribution in [3.8, 4) is 10.7 Å². The Bertz CT molecular complexity index is 732. The van der Waals surface area contributed by atoms with Crippen LogP contribution in [0.25, 0.3) is 10.7 Å². The van der Waals surface area contributed by atoms with Gasteiger partial charge in [-0.05, 0) is 35.2 Å². The summed E-state index contributed by atoms with van der Waals surface area (Å²) in [5.74, 6) is 2.50. The fourth-order valence-corrected chi connectivity index (χ4v) is 3.86. The van der Waals surface area contributed by atoms with Gasteiger partial charge in [0.1, 0.15) is 0 Å². The molecule has 0 N–H and O–H groups in total. The number of hydrogen-bond donors (Lipinski definition) is 0. The minimum absolute atomic E-state index is 0.694. The summed E-state index contributed by atoms with van der Waals surface area (Å²) in [4.78, 5) is 1.14. The second-order valence-corrected chi connectivity index (χ2v) is 6.88. The first kappa shape index (κ1) is 16.1. The number of unbranched alkanes of at least 4 members (excludes halogenated alkanes) is 1. The Morgan fingerprint density at radius 1 is 1.22 bits per heavy atom. The monoisotopic (exact) mass is 349 g/mol. The van der Waals surface area contributed by atoms with Crippen molar-refractivity contribution in [1.29, 1.82) is 0 Å². The Kier molecular flexibility index (Phi) is 5.39. The second-order valence-electron chi connectivity index (χ2n) is 4.99. The lowest BCUT2D eigenvalue weighted by molar-refractivity contribution is 0.540. The highest BCUT2D eigenvalue weighted by Gasteiger charge is 2.15. The summed E-state index contributed by atoms with van der Waals surface area (Å²) in [5.41, 5.74) is 0. The first-order valence-corrected chi connectivity index (χ1v) is 9.55. The van der Waals surface area contributed by atoms with Gasteiger partial charge in [-0.3, -0.25) is 0 Å². The molecule has 3 rings (SSSR count). The summed E-state index contributed by atoms with van der Waals surface area (Å²) in [6.07, 6.45) is 2.21. The van der Waals surface area contributed by atoms with Crippen LogP contribution in [0.15, 0.2) is 22.7 Å². The van der Waals surface area contributed by atoms with Crippen LogP contribution in [-0.2, 0) is 18.8 Å². The molecule has 0 spiro atoms. The molecular weight excluding hydrogens is 330 g/mol. The molecule has 7 nitrogen and oxygen atoms in total. The van der Waals surface area contributed by atoms with E-state index in [1.807, 2.05) is 10.7 Å². The molecule has 3 heterocycles. The fourth-order valence-electron chi connectivity index (χ4n) is 2.21. The molecule has 0 bridgehead atoms. The molecule has 0 aliphatic carbocycles. The smallest absolute Gasteiger partial charge is 0.191 e. The van der Waals surface area contributed by atoms with Crippen molar-refractivity contribution in [2.45, 2.75) is 50.7 Å². The summed E-state index contributed by atoms with van der Waals surface area (Å²) >= 11 is 3.30. The van der Waals surface area contributed by atoms with Gasteiger partial charge in [-0.25, -0.2) is 4.68 Å². The van der Waals surface area contributed by atoms with Gasteiger partial charge < -0.3 is 4.57 Å². The Labute approximate surface area is 143 Å². The van der Waals surface area contributed by atoms with Crippen molar-refractivity contribution in [1.82, 2.24) is 35.0 Å². The summed E-state index contributed by atoms with van der Waals surface area (Å²) in [5, 5.41) is 23.6. The number of nitrogens with zero attached hydrogens (tertiary/aromatic N) is 7. The van der Waals surface area contributed by atoms with Crippen LogP contribution in [0.1, 0.15) is 32.5 Å². The van der Waals surface area contributed by atoms with E-state index in [-0.39, 0.29) is 0 Å². The number of aryl methyl sites for hydroxylation is 1. The third-order valence-corrected chi connectivity index (χ3v) is 5.26. The molecule has 9 heteroatoms. The first-order chi connectivity index (χ1) is 11.3. The summed E-state index contributed by atoms with van der Waals surface area (Å²) < 4.78 is 4.01. The largest absolute Gasteiger partial charge is 0.302 e. The number of aromatic nitrogens is 7. The standard InChI is InChI=1S/C14H19N7S2/c1-3-5-8-21-12(15-18-19-21)10-23-14-17-16-13(20(14)4-2)11-7-6-9-22-11/h6-7,9H,3-5,8,10H2,1-2H3. The topological polar surface area (TPSA) is 74.3 Å². The molecule has 0 aliphatic heterocycles. The van der Waals surface area contributed by atoms with E-state index in [2.05, 4.69) is 55.6 Å². The van der Waals surface area contributed by atoms with Crippen LogP contribution in [0, 0.1) is 0 Å². The van der Waals surface area contributed by atoms with Crippen LogP contribution in [-0.4, -0.2) is 35.0 Å². The van der Waals surface area contributed by atoms with E-state index in [1.54, 1.807) is 23.1 Å². The Morgan fingerprint density at radius 3 is 2.87 bits per heavy atom. The zero-order valence-electron chi connectivity index (χ0n) is 13.2. The molecule has 0 radical (unpaired) electrons. The molecule has 0 amide bonds. The first-order valence-electron chi connectivity index (χ1n) is 7.68. The minimum atomic E-state index is 0.694. The highest BCUT2D eigenvalue weighted by atomic mass is 32.2. The van der Waals surface area contributed by atoms with E-state index >= 15 is 0 Å². The van der Waals surface area contributed by atoms with Gasteiger partial charge in [0.25, 0.3) is 0 Å². The van der Waals surface area contributed by atoms with E-state index < -0.39 is 0 Å². The quantitative estimate of drug-likeness (QED) is 0.582. The van der Waals surface area contributed by atoms with E-state index in [4.69, 9.17) is 0 Å². The molecule has 0 aromatic carbocycles. The average molecular weight is 349 g/mol. The lowest BCUT2D eigenvalue weighted by Gasteiger charge is -2.06. The van der Waals surface area contributed by atoms with Crippen LogP contribution in [0.2, 0.25) is 0 Å². The van der Waals surface area contributed by atoms with Crippen LogP contribution in [0.3, 0.4) is 0 Å². The second kappa shape index (κ2) is 7.69. The SMILES string of the molecule is CCCCn1nnnc1CSc1nnc(-c2cccs2)n1CC. The van der Waals surface area contributed by atoms with Crippen molar-refractivity contribution in [2.24, 2.45) is 0 Å². The highest BCUT2D eigenvalue weighted by Crippen LogP contribution is 2.28. The minimum Gasteiger partial charge on any atom is -0.302 e. The lowest BCUT2D eigenvalue weighted by atomic mass is 10.3. The number of hydrogen-bond acceptors (Lipinski definition) is 7. The third kappa shape index (κ3) is 3.61. The van der Waals surface area contributed by atoms with E-state index in [0.717, 1.165) is 47.6 Å². The van der Waals surface area contributed by atoms with Crippen molar-refractivity contribution in [3.05, 3.63) is 23.3 Å². The van der Waals surface area contributed by atoms with Gasteiger partial charge in [0.15, 0.2) is 16.8 Å². The van der Waals surface area contributed by atoms with Crippen molar-refractivity contribution < 1.29 is 0 Å². The maximum absolute atomic E-state index is 4.35. The van der Waals surface area contributed by atoms with Crippen molar-refractivity contribution in [3.63, 3.8) is 0 Å². The predicted octanol–water partition coefficient (Wildman–Crippen LogP) is 3.11. The zero-order chi connectivity index (χ0) is 16.1. The maximum Gasteiger partial charge on any atom is 0.191 e. The maximum atomic E-state index is 4.35. The highest BCUT2D eigenvalue weighted by molar-refractivity contribution is 7.98. The van der Waals surface area contributed by atoms with Crippen LogP contribution in [0.4, 0.5) is 0 Å². The molecule has 0 saturated heterocycles. The summed E-state index contributed by atoms with van der Waals surface area (Å²) in [6.45, 7) is 5.97. The summed E-state index contributed by atoms with van der Waals surface area (Å²) in [7, 11) is 0. The van der Waals surface area contributed by atoms with Crippen molar-refractivity contribution in [2.75, 3.05) is 0 Å². The number of rotatable bonds is 8. The molecule has 0 unspecified atom stereocenters. The van der Waals surface area contributed by atoms with E-state index in [0.29, 0.717) is 5.75 Å². The molecule has 122 valence electrons. The van der Waals surface area contributed by atoms with Crippen LogP contribution >= 0.6 is 23.1 Å². The van der Waals surface area contributed by atoms with Crippen LogP contribution in [0.5, 0.6) is 0 Å². The van der Waals surface area contributed by atoms with Gasteiger partial charge in [0, 0.05) is 13.1 Å². The fraction of sp³-hybridized carbons (Fsp3) is 0.500. The lowest BCUT2D eigenvalue weighted by Crippen LogP contribution is -2.05. The van der Waals surface area contributed by atoms with E-state index in [1.165, 1.54) is 0 Å². The van der Waals surface area contributed by atoms with Crippen molar-refractivity contribution >= 4 is 23.1 Å². The number of thiophene rings is 1. The number of tetrazole rings is 1. The van der Waals surface area contributed by atoms with Crippen LogP contribution < -0.4 is 0 Å². The Morgan fingerprint density at radius 2 is 2.13 bits per heavy atom. The Balaban J connectivity index is 1.73. The average Bonchev–Trinajstić information content (AvgIpc) is 3.29. The molecule has 0 fully saturated rings. The third-order valence-electron chi connectivity index (χ3n) is 3.43. The Hall–Kier alpha value is -1.74. The van der Waals surface area contributed by atoms with Gasteiger partial charge in [0.05, 0.1) is 10.6 Å². The number of thioether (sulfide) groups is 1. The molecule has 3 aromatic rings. The molecule has 3 aromatic heterocycles. The predicted molar refractivity (Wildman–Crippen MR) is 91.3 cm³/mol. The van der Waals surface area contributed by atoms with Gasteiger partial charge in [-0.2, -0.15) is 0 Å². The molecule has 0 aliphatic rings. The van der Waals surface area contributed by atoms with Gasteiger partial charge in [-0.1, -0.05) is 31.2 Å². The molecule has 0 atom stereocenters. The van der Waals surface area contributed by atoms with E-state index in [9.17, 15) is 0 Å².